The topological polar surface area (TPSA) is 27.0 Å². The fourth-order valence-corrected chi connectivity index (χ4v) is 3.06. The van der Waals surface area contributed by atoms with Crippen LogP contribution in [0, 0.1) is 16.7 Å². The van der Waals surface area contributed by atoms with Gasteiger partial charge in [0.25, 0.3) is 0 Å². The number of rotatable bonds is 1. The molecule has 1 heterocycles. The van der Waals surface area contributed by atoms with Crippen molar-refractivity contribution in [2.45, 2.75) is 19.3 Å². The standard InChI is InChI=1S/C13H13ClN2/c14-11-6-10(7-15)2-3-12(11)16-8-13(9-16)4-1-5-13/h2-3,6H,1,4-5,8-9H2. The van der Waals surface area contributed by atoms with Crippen LogP contribution in [-0.2, 0) is 0 Å². The Morgan fingerprint density at radius 3 is 2.56 bits per heavy atom. The highest BCUT2D eigenvalue weighted by atomic mass is 35.5. The number of halogens is 1. The number of anilines is 1. The first-order valence-electron chi connectivity index (χ1n) is 5.67. The van der Waals surface area contributed by atoms with Crippen LogP contribution in [0.25, 0.3) is 0 Å². The van der Waals surface area contributed by atoms with Gasteiger partial charge in [0.05, 0.1) is 22.3 Å². The minimum Gasteiger partial charge on any atom is -0.369 e. The second-order valence-corrected chi connectivity index (χ2v) is 5.39. The van der Waals surface area contributed by atoms with Crippen LogP contribution in [0.4, 0.5) is 5.69 Å². The number of benzene rings is 1. The first kappa shape index (κ1) is 9.99. The van der Waals surface area contributed by atoms with Crippen molar-refractivity contribution in [1.29, 1.82) is 5.26 Å². The molecule has 82 valence electrons. The SMILES string of the molecule is N#Cc1ccc(N2CC3(CCC3)C2)c(Cl)c1. The molecular formula is C13H13ClN2. The third-order valence-corrected chi connectivity index (χ3v) is 4.19. The highest BCUT2D eigenvalue weighted by Crippen LogP contribution is 2.50. The smallest absolute Gasteiger partial charge is 0.0992 e. The summed E-state index contributed by atoms with van der Waals surface area (Å²) < 4.78 is 0. The maximum atomic E-state index is 8.77. The van der Waals surface area contributed by atoms with Crippen molar-refractivity contribution < 1.29 is 0 Å². The van der Waals surface area contributed by atoms with E-state index < -0.39 is 0 Å². The summed E-state index contributed by atoms with van der Waals surface area (Å²) in [5.41, 5.74) is 2.32. The molecule has 1 aromatic carbocycles. The van der Waals surface area contributed by atoms with Crippen molar-refractivity contribution >= 4 is 17.3 Å². The van der Waals surface area contributed by atoms with E-state index in [1.807, 2.05) is 12.1 Å². The van der Waals surface area contributed by atoms with Crippen LogP contribution in [0.3, 0.4) is 0 Å². The maximum absolute atomic E-state index is 8.77. The van der Waals surface area contributed by atoms with Gasteiger partial charge < -0.3 is 4.90 Å². The molecule has 1 aliphatic heterocycles. The van der Waals surface area contributed by atoms with Crippen molar-refractivity contribution in [2.75, 3.05) is 18.0 Å². The Hall–Kier alpha value is -1.20. The van der Waals surface area contributed by atoms with E-state index in [4.69, 9.17) is 16.9 Å². The maximum Gasteiger partial charge on any atom is 0.0992 e. The molecule has 2 fully saturated rings. The first-order chi connectivity index (χ1) is 7.72. The minimum absolute atomic E-state index is 0.608. The van der Waals surface area contributed by atoms with Crippen LogP contribution in [0.1, 0.15) is 24.8 Å². The van der Waals surface area contributed by atoms with Crippen molar-refractivity contribution in [3.63, 3.8) is 0 Å². The van der Waals surface area contributed by atoms with Gasteiger partial charge in [0.15, 0.2) is 0 Å². The van der Waals surface area contributed by atoms with E-state index in [2.05, 4.69) is 11.0 Å². The Balaban J connectivity index is 1.78. The highest BCUT2D eigenvalue weighted by molar-refractivity contribution is 6.33. The monoisotopic (exact) mass is 232 g/mol. The third kappa shape index (κ3) is 1.39. The number of nitriles is 1. The predicted molar refractivity (Wildman–Crippen MR) is 64.7 cm³/mol. The van der Waals surface area contributed by atoms with Crippen LogP contribution in [0.15, 0.2) is 18.2 Å². The molecule has 2 nitrogen and oxygen atoms in total. The van der Waals surface area contributed by atoms with E-state index in [1.54, 1.807) is 6.07 Å². The van der Waals surface area contributed by atoms with Crippen LogP contribution >= 0.6 is 11.6 Å². The molecule has 1 aliphatic carbocycles. The molecular weight excluding hydrogens is 220 g/mol. The quantitative estimate of drug-likeness (QED) is 0.744. The Bertz CT molecular complexity index is 463. The van der Waals surface area contributed by atoms with Gasteiger partial charge in [0.1, 0.15) is 0 Å². The van der Waals surface area contributed by atoms with Gasteiger partial charge >= 0.3 is 0 Å². The summed E-state index contributed by atoms with van der Waals surface area (Å²) in [5, 5.41) is 9.47. The molecule has 3 heteroatoms. The molecule has 0 amide bonds. The summed E-state index contributed by atoms with van der Waals surface area (Å²) in [6.45, 7) is 2.28. The zero-order valence-corrected chi connectivity index (χ0v) is 9.80. The Morgan fingerprint density at radius 2 is 2.06 bits per heavy atom. The summed E-state index contributed by atoms with van der Waals surface area (Å²) in [6, 6.07) is 7.66. The van der Waals surface area contributed by atoms with Crippen molar-refractivity contribution in [3.05, 3.63) is 28.8 Å². The van der Waals surface area contributed by atoms with Gasteiger partial charge in [-0.15, -0.1) is 0 Å². The van der Waals surface area contributed by atoms with Crippen molar-refractivity contribution in [3.8, 4) is 6.07 Å². The Labute approximate surface area is 100 Å². The fourth-order valence-electron chi connectivity index (χ4n) is 2.76. The lowest BCUT2D eigenvalue weighted by Gasteiger charge is -2.57. The molecule has 1 aromatic rings. The normalized spacial score (nSPS) is 21.1. The van der Waals surface area contributed by atoms with E-state index in [0.29, 0.717) is 16.0 Å². The van der Waals surface area contributed by atoms with Gasteiger partial charge in [-0.1, -0.05) is 18.0 Å². The largest absolute Gasteiger partial charge is 0.369 e. The average molecular weight is 233 g/mol. The molecule has 0 N–H and O–H groups in total. The Morgan fingerprint density at radius 1 is 1.31 bits per heavy atom. The van der Waals surface area contributed by atoms with Gasteiger partial charge in [-0.3, -0.25) is 0 Å². The molecule has 3 rings (SSSR count). The van der Waals surface area contributed by atoms with Crippen molar-refractivity contribution in [1.82, 2.24) is 0 Å². The molecule has 1 spiro atoms. The summed E-state index contributed by atoms with van der Waals surface area (Å²) in [4.78, 5) is 2.32. The number of nitrogens with zero attached hydrogens (tertiary/aromatic N) is 2. The summed E-state index contributed by atoms with van der Waals surface area (Å²) in [7, 11) is 0. The zero-order chi connectivity index (χ0) is 11.2. The van der Waals surface area contributed by atoms with Gasteiger partial charge in [-0.05, 0) is 31.0 Å². The molecule has 2 aliphatic rings. The van der Waals surface area contributed by atoms with Crippen LogP contribution in [0.5, 0.6) is 0 Å². The van der Waals surface area contributed by atoms with E-state index >= 15 is 0 Å². The molecule has 0 unspecified atom stereocenters. The van der Waals surface area contributed by atoms with Gasteiger partial charge in [0, 0.05) is 18.5 Å². The molecule has 1 saturated carbocycles. The minimum atomic E-state index is 0.608. The van der Waals surface area contributed by atoms with Gasteiger partial charge in [-0.2, -0.15) is 5.26 Å². The van der Waals surface area contributed by atoms with E-state index in [1.165, 1.54) is 19.3 Å². The second kappa shape index (κ2) is 3.40. The molecule has 16 heavy (non-hydrogen) atoms. The number of hydrogen-bond acceptors (Lipinski definition) is 2. The lowest BCUT2D eigenvalue weighted by molar-refractivity contribution is 0.0904. The summed E-state index contributed by atoms with van der Waals surface area (Å²) in [6.07, 6.45) is 4.13. The zero-order valence-electron chi connectivity index (χ0n) is 9.04. The lowest BCUT2D eigenvalue weighted by Crippen LogP contribution is -2.59. The molecule has 1 saturated heterocycles. The Kier molecular flexibility index (Phi) is 2.12. The summed E-state index contributed by atoms with van der Waals surface area (Å²) in [5.74, 6) is 0. The van der Waals surface area contributed by atoms with Crippen LogP contribution < -0.4 is 4.90 Å². The average Bonchev–Trinajstić information content (AvgIpc) is 2.15. The lowest BCUT2D eigenvalue weighted by atomic mass is 9.63. The fraction of sp³-hybridized carbons (Fsp3) is 0.462. The van der Waals surface area contributed by atoms with E-state index in [0.717, 1.165) is 18.8 Å². The molecule has 0 radical (unpaired) electrons. The summed E-state index contributed by atoms with van der Waals surface area (Å²) >= 11 is 6.18. The number of hydrogen-bond donors (Lipinski definition) is 0. The van der Waals surface area contributed by atoms with Crippen LogP contribution in [0.2, 0.25) is 5.02 Å². The molecule has 0 atom stereocenters. The third-order valence-electron chi connectivity index (χ3n) is 3.88. The molecule has 0 bridgehead atoms. The van der Waals surface area contributed by atoms with Gasteiger partial charge in [-0.25, -0.2) is 0 Å². The highest BCUT2D eigenvalue weighted by Gasteiger charge is 2.47. The van der Waals surface area contributed by atoms with Gasteiger partial charge in [0.2, 0.25) is 0 Å². The van der Waals surface area contributed by atoms with Crippen molar-refractivity contribution in [2.24, 2.45) is 5.41 Å². The van der Waals surface area contributed by atoms with Crippen LogP contribution in [-0.4, -0.2) is 13.1 Å². The predicted octanol–water partition coefficient (Wildman–Crippen LogP) is 3.20. The van der Waals surface area contributed by atoms with E-state index in [-0.39, 0.29) is 0 Å². The first-order valence-corrected chi connectivity index (χ1v) is 6.05. The van der Waals surface area contributed by atoms with E-state index in [9.17, 15) is 0 Å². The second-order valence-electron chi connectivity index (χ2n) is 4.99. The molecule has 0 aromatic heterocycles.